The van der Waals surface area contributed by atoms with Crippen LogP contribution in [-0.2, 0) is 22.6 Å². The van der Waals surface area contributed by atoms with Gasteiger partial charge in [-0.1, -0.05) is 48.5 Å². The zero-order valence-electron chi connectivity index (χ0n) is 17.0. The van der Waals surface area contributed by atoms with E-state index in [0.717, 1.165) is 12.5 Å². The average molecular weight is 408 g/mol. The normalized spacial score (nSPS) is 14.8. The number of aryl methyl sites for hydroxylation is 1. The van der Waals surface area contributed by atoms with Gasteiger partial charge < -0.3 is 15.2 Å². The summed E-state index contributed by atoms with van der Waals surface area (Å²) in [6.45, 7) is 3.52. The number of aromatic nitrogens is 1. The SMILES string of the molecule is O=C(O)C(=O)O.c1ccc(CCC2CCN(Cc3cc4ccccc4[nH]3)CC2)cc1. The van der Waals surface area contributed by atoms with E-state index in [4.69, 9.17) is 19.8 Å². The lowest BCUT2D eigenvalue weighted by molar-refractivity contribution is -0.159. The number of benzene rings is 2. The summed E-state index contributed by atoms with van der Waals surface area (Å²) in [5.41, 5.74) is 4.09. The number of carboxylic acids is 2. The number of carbonyl (C=O) groups is 2. The molecule has 158 valence electrons. The molecule has 1 aliphatic rings. The molecule has 0 amide bonds. The van der Waals surface area contributed by atoms with Crippen LogP contribution in [0.15, 0.2) is 60.7 Å². The molecule has 0 aliphatic carbocycles. The van der Waals surface area contributed by atoms with Crippen LogP contribution >= 0.6 is 0 Å². The number of H-pyrrole nitrogens is 1. The van der Waals surface area contributed by atoms with Crippen molar-refractivity contribution in [1.29, 1.82) is 0 Å². The minimum atomic E-state index is -1.82. The third-order valence-electron chi connectivity index (χ3n) is 5.55. The van der Waals surface area contributed by atoms with E-state index in [-0.39, 0.29) is 0 Å². The van der Waals surface area contributed by atoms with Gasteiger partial charge in [-0.3, -0.25) is 4.90 Å². The molecule has 0 radical (unpaired) electrons. The van der Waals surface area contributed by atoms with E-state index in [1.165, 1.54) is 60.9 Å². The summed E-state index contributed by atoms with van der Waals surface area (Å²) in [6.07, 6.45) is 5.25. The number of piperidine rings is 1. The number of para-hydroxylation sites is 1. The summed E-state index contributed by atoms with van der Waals surface area (Å²) in [7, 11) is 0. The second-order valence-corrected chi connectivity index (χ2v) is 7.74. The first-order valence-electron chi connectivity index (χ1n) is 10.3. The second kappa shape index (κ2) is 10.6. The lowest BCUT2D eigenvalue weighted by atomic mass is 9.90. The van der Waals surface area contributed by atoms with E-state index in [0.29, 0.717) is 0 Å². The maximum Gasteiger partial charge on any atom is 0.414 e. The highest BCUT2D eigenvalue weighted by atomic mass is 16.4. The van der Waals surface area contributed by atoms with E-state index in [1.54, 1.807) is 0 Å². The highest BCUT2D eigenvalue weighted by Crippen LogP contribution is 2.24. The number of aromatic amines is 1. The first-order valence-corrected chi connectivity index (χ1v) is 10.3. The summed E-state index contributed by atoms with van der Waals surface area (Å²) >= 11 is 0. The summed E-state index contributed by atoms with van der Waals surface area (Å²) in [5, 5.41) is 16.1. The Hall–Kier alpha value is -3.12. The molecular formula is C24H28N2O4. The van der Waals surface area contributed by atoms with Crippen LogP contribution < -0.4 is 0 Å². The molecule has 2 aromatic carbocycles. The zero-order valence-corrected chi connectivity index (χ0v) is 17.0. The number of nitrogens with one attached hydrogen (secondary N) is 1. The predicted octanol–water partition coefficient (Wildman–Crippen LogP) is 4.17. The fraction of sp³-hybridized carbons (Fsp3) is 0.333. The quantitative estimate of drug-likeness (QED) is 0.551. The molecule has 0 spiro atoms. The first kappa shape index (κ1) is 21.6. The fourth-order valence-electron chi connectivity index (χ4n) is 3.91. The van der Waals surface area contributed by atoms with Crippen molar-refractivity contribution in [3.63, 3.8) is 0 Å². The fourth-order valence-corrected chi connectivity index (χ4v) is 3.91. The molecule has 30 heavy (non-hydrogen) atoms. The Morgan fingerprint density at radius 3 is 2.20 bits per heavy atom. The number of aliphatic carboxylic acids is 2. The van der Waals surface area contributed by atoms with E-state index >= 15 is 0 Å². The minimum absolute atomic E-state index is 0.893. The van der Waals surface area contributed by atoms with Crippen LogP contribution in [0.25, 0.3) is 10.9 Å². The zero-order chi connectivity index (χ0) is 21.3. The molecule has 0 saturated carbocycles. The van der Waals surface area contributed by atoms with Gasteiger partial charge in [0.05, 0.1) is 0 Å². The van der Waals surface area contributed by atoms with Crippen molar-refractivity contribution >= 4 is 22.8 Å². The van der Waals surface area contributed by atoms with Crippen LogP contribution in [0.2, 0.25) is 0 Å². The Morgan fingerprint density at radius 1 is 0.933 bits per heavy atom. The van der Waals surface area contributed by atoms with Gasteiger partial charge in [-0.25, -0.2) is 9.59 Å². The Bertz CT molecular complexity index is 915. The molecule has 4 rings (SSSR count). The van der Waals surface area contributed by atoms with E-state index in [9.17, 15) is 0 Å². The number of hydrogen-bond acceptors (Lipinski definition) is 3. The van der Waals surface area contributed by atoms with Crippen LogP contribution in [0.5, 0.6) is 0 Å². The number of fused-ring (bicyclic) bond motifs is 1. The molecule has 0 bridgehead atoms. The van der Waals surface area contributed by atoms with E-state index < -0.39 is 11.9 Å². The van der Waals surface area contributed by atoms with Crippen molar-refractivity contribution in [1.82, 2.24) is 9.88 Å². The highest BCUT2D eigenvalue weighted by molar-refractivity contribution is 6.27. The van der Waals surface area contributed by atoms with Crippen LogP contribution in [0.3, 0.4) is 0 Å². The summed E-state index contributed by atoms with van der Waals surface area (Å²) < 4.78 is 0. The van der Waals surface area contributed by atoms with Crippen LogP contribution in [0, 0.1) is 5.92 Å². The molecule has 2 heterocycles. The van der Waals surface area contributed by atoms with Gasteiger partial charge in [-0.15, -0.1) is 0 Å². The van der Waals surface area contributed by atoms with Gasteiger partial charge in [0.25, 0.3) is 0 Å². The van der Waals surface area contributed by atoms with Gasteiger partial charge >= 0.3 is 11.9 Å². The summed E-state index contributed by atoms with van der Waals surface area (Å²) in [4.78, 5) is 24.4. The topological polar surface area (TPSA) is 93.6 Å². The number of hydrogen-bond donors (Lipinski definition) is 3. The molecule has 6 heteroatoms. The Balaban J connectivity index is 0.000000377. The predicted molar refractivity (Wildman–Crippen MR) is 116 cm³/mol. The molecule has 0 unspecified atom stereocenters. The molecule has 1 aliphatic heterocycles. The van der Waals surface area contributed by atoms with Crippen molar-refractivity contribution in [2.45, 2.75) is 32.2 Å². The van der Waals surface area contributed by atoms with Crippen molar-refractivity contribution in [2.75, 3.05) is 13.1 Å². The number of nitrogens with zero attached hydrogens (tertiary/aromatic N) is 1. The smallest absolute Gasteiger partial charge is 0.414 e. The standard InChI is InChI=1S/C22H26N2.C2H2O4/c1-2-6-18(7-3-1)10-11-19-12-14-24(15-13-19)17-21-16-20-8-4-5-9-22(20)23-21;3-1(4)2(5)6/h1-9,16,19,23H,10-15,17H2;(H,3,4)(H,5,6). The molecular weight excluding hydrogens is 380 g/mol. The Labute approximate surface area is 176 Å². The lowest BCUT2D eigenvalue weighted by Gasteiger charge is -2.31. The highest BCUT2D eigenvalue weighted by Gasteiger charge is 2.19. The molecule has 3 aromatic rings. The maximum atomic E-state index is 9.10. The van der Waals surface area contributed by atoms with Crippen molar-refractivity contribution in [3.05, 3.63) is 71.9 Å². The number of rotatable bonds is 5. The Morgan fingerprint density at radius 2 is 1.57 bits per heavy atom. The summed E-state index contributed by atoms with van der Waals surface area (Å²) in [5.74, 6) is -2.76. The second-order valence-electron chi connectivity index (χ2n) is 7.74. The molecule has 1 fully saturated rings. The van der Waals surface area contributed by atoms with E-state index in [1.807, 2.05) is 0 Å². The van der Waals surface area contributed by atoms with Gasteiger partial charge in [0.1, 0.15) is 0 Å². The van der Waals surface area contributed by atoms with E-state index in [2.05, 4.69) is 70.5 Å². The van der Waals surface area contributed by atoms with Crippen LogP contribution in [0.1, 0.15) is 30.5 Å². The lowest BCUT2D eigenvalue weighted by Crippen LogP contribution is -2.33. The molecule has 1 saturated heterocycles. The largest absolute Gasteiger partial charge is 0.473 e. The third-order valence-corrected chi connectivity index (χ3v) is 5.55. The maximum absolute atomic E-state index is 9.10. The van der Waals surface area contributed by atoms with Gasteiger partial charge in [-0.2, -0.15) is 0 Å². The molecule has 0 atom stereocenters. The Kier molecular flexibility index (Phi) is 7.63. The van der Waals surface area contributed by atoms with Gasteiger partial charge in [0.2, 0.25) is 0 Å². The monoisotopic (exact) mass is 408 g/mol. The van der Waals surface area contributed by atoms with Crippen molar-refractivity contribution < 1.29 is 19.8 Å². The van der Waals surface area contributed by atoms with Crippen LogP contribution in [-0.4, -0.2) is 45.1 Å². The summed E-state index contributed by atoms with van der Waals surface area (Å²) in [6, 6.07) is 21.8. The number of carboxylic acid groups (broad SMARTS) is 2. The third kappa shape index (κ3) is 6.46. The minimum Gasteiger partial charge on any atom is -0.473 e. The van der Waals surface area contributed by atoms with Crippen molar-refractivity contribution in [3.8, 4) is 0 Å². The van der Waals surface area contributed by atoms with Crippen LogP contribution in [0.4, 0.5) is 0 Å². The van der Waals surface area contributed by atoms with Crippen molar-refractivity contribution in [2.24, 2.45) is 5.92 Å². The molecule has 3 N–H and O–H groups in total. The van der Waals surface area contributed by atoms with Gasteiger partial charge in [-0.05, 0) is 67.8 Å². The van der Waals surface area contributed by atoms with Gasteiger partial charge in [0, 0.05) is 17.8 Å². The average Bonchev–Trinajstić information content (AvgIpc) is 3.17. The number of likely N-dealkylation sites (tertiary alicyclic amines) is 1. The molecule has 1 aromatic heterocycles. The van der Waals surface area contributed by atoms with Gasteiger partial charge in [0.15, 0.2) is 0 Å². The first-order chi connectivity index (χ1) is 14.5. The molecule has 6 nitrogen and oxygen atoms in total.